The molecule has 0 saturated heterocycles. The Labute approximate surface area is 188 Å². The van der Waals surface area contributed by atoms with Crippen molar-refractivity contribution in [2.45, 2.75) is 55.6 Å². The first kappa shape index (κ1) is 20.5. The number of nitriles is 1. The van der Waals surface area contributed by atoms with Crippen LogP contribution in [0.15, 0.2) is 57.0 Å². The van der Waals surface area contributed by atoms with Gasteiger partial charge in [0.05, 0.1) is 29.0 Å². The predicted molar refractivity (Wildman–Crippen MR) is 121 cm³/mol. The highest BCUT2D eigenvalue weighted by atomic mass is 32.2. The first-order chi connectivity index (χ1) is 15.8. The van der Waals surface area contributed by atoms with E-state index < -0.39 is 0 Å². The highest BCUT2D eigenvalue weighted by Crippen LogP contribution is 2.36. The fraction of sp³-hybridized carbons (Fsp3) is 0.348. The van der Waals surface area contributed by atoms with Crippen LogP contribution in [0.1, 0.15) is 44.0 Å². The summed E-state index contributed by atoms with van der Waals surface area (Å²) in [6.07, 6.45) is 7.40. The van der Waals surface area contributed by atoms with Crippen LogP contribution >= 0.6 is 11.8 Å². The van der Waals surface area contributed by atoms with Crippen molar-refractivity contribution in [2.24, 2.45) is 0 Å². The first-order valence-corrected chi connectivity index (χ1v) is 11.7. The average molecular weight is 447 g/mol. The molecular weight excluding hydrogens is 424 g/mol. The maximum Gasteiger partial charge on any atom is 0.262 e. The summed E-state index contributed by atoms with van der Waals surface area (Å²) in [7, 11) is 0. The van der Waals surface area contributed by atoms with Gasteiger partial charge >= 0.3 is 0 Å². The van der Waals surface area contributed by atoms with Crippen LogP contribution in [0, 0.1) is 11.3 Å². The SMILES string of the molecule is N#CCn1c(CSc2nnc(-c3ccco3)n2C2CCCCC2)nc2ccccc2c1=O. The van der Waals surface area contributed by atoms with E-state index in [1.165, 1.54) is 35.6 Å². The molecule has 1 aromatic carbocycles. The minimum absolute atomic E-state index is 0.0421. The lowest BCUT2D eigenvalue weighted by atomic mass is 9.95. The molecule has 0 spiro atoms. The van der Waals surface area contributed by atoms with Crippen molar-refractivity contribution in [3.8, 4) is 17.7 Å². The zero-order valence-corrected chi connectivity index (χ0v) is 18.3. The highest BCUT2D eigenvalue weighted by Gasteiger charge is 2.25. The minimum atomic E-state index is -0.197. The maximum absolute atomic E-state index is 12.9. The lowest BCUT2D eigenvalue weighted by molar-refractivity contribution is 0.337. The van der Waals surface area contributed by atoms with Crippen molar-refractivity contribution < 1.29 is 4.42 Å². The minimum Gasteiger partial charge on any atom is -0.461 e. The number of benzene rings is 1. The molecule has 1 aliphatic rings. The lowest BCUT2D eigenvalue weighted by Gasteiger charge is -2.25. The van der Waals surface area contributed by atoms with Gasteiger partial charge in [-0.25, -0.2) is 4.98 Å². The van der Waals surface area contributed by atoms with Crippen LogP contribution in [-0.4, -0.2) is 24.3 Å². The fourth-order valence-electron chi connectivity index (χ4n) is 4.30. The van der Waals surface area contributed by atoms with Crippen molar-refractivity contribution in [3.63, 3.8) is 0 Å². The van der Waals surface area contributed by atoms with E-state index in [0.29, 0.717) is 34.3 Å². The van der Waals surface area contributed by atoms with Crippen molar-refractivity contribution in [1.29, 1.82) is 5.26 Å². The van der Waals surface area contributed by atoms with Gasteiger partial charge in [0.15, 0.2) is 10.9 Å². The summed E-state index contributed by atoms with van der Waals surface area (Å²) < 4.78 is 9.24. The number of hydrogen-bond acceptors (Lipinski definition) is 7. The average Bonchev–Trinajstić information content (AvgIpc) is 3.50. The van der Waals surface area contributed by atoms with Gasteiger partial charge < -0.3 is 4.42 Å². The largest absolute Gasteiger partial charge is 0.461 e. The Morgan fingerprint density at radius 3 is 2.75 bits per heavy atom. The van der Waals surface area contributed by atoms with Gasteiger partial charge in [-0.05, 0) is 37.1 Å². The molecule has 0 atom stereocenters. The lowest BCUT2D eigenvalue weighted by Crippen LogP contribution is -2.24. The van der Waals surface area contributed by atoms with Crippen LogP contribution in [0.25, 0.3) is 22.5 Å². The van der Waals surface area contributed by atoms with Crippen LogP contribution in [0.5, 0.6) is 0 Å². The number of rotatable bonds is 6. The predicted octanol–water partition coefficient (Wildman–Crippen LogP) is 4.57. The molecular formula is C23H22N6O2S. The summed E-state index contributed by atoms with van der Waals surface area (Å²) in [4.78, 5) is 17.6. The summed E-state index contributed by atoms with van der Waals surface area (Å²) in [5.74, 6) is 2.38. The van der Waals surface area contributed by atoms with Crippen molar-refractivity contribution in [1.82, 2.24) is 24.3 Å². The van der Waals surface area contributed by atoms with Gasteiger partial charge in [-0.15, -0.1) is 10.2 Å². The van der Waals surface area contributed by atoms with Crippen LogP contribution in [-0.2, 0) is 12.3 Å². The summed E-state index contributed by atoms with van der Waals surface area (Å²) in [6, 6.07) is 13.4. The van der Waals surface area contributed by atoms with E-state index in [4.69, 9.17) is 4.42 Å². The van der Waals surface area contributed by atoms with Gasteiger partial charge in [-0.2, -0.15) is 5.26 Å². The molecule has 0 N–H and O–H groups in total. The standard InChI is InChI=1S/C23H22N6O2S/c24-12-13-28-20(25-18-10-5-4-9-17(18)22(28)30)15-32-23-27-26-21(19-11-6-14-31-19)29(23)16-7-2-1-3-8-16/h4-6,9-11,14,16H,1-3,7-8,13,15H2. The molecule has 5 rings (SSSR count). The smallest absolute Gasteiger partial charge is 0.262 e. The molecule has 1 fully saturated rings. The highest BCUT2D eigenvalue weighted by molar-refractivity contribution is 7.98. The van der Waals surface area contributed by atoms with Crippen LogP contribution in [0.2, 0.25) is 0 Å². The molecule has 1 saturated carbocycles. The van der Waals surface area contributed by atoms with E-state index in [9.17, 15) is 10.1 Å². The Morgan fingerprint density at radius 2 is 1.97 bits per heavy atom. The molecule has 162 valence electrons. The zero-order chi connectivity index (χ0) is 21.9. The number of para-hydroxylation sites is 1. The molecule has 4 aromatic rings. The molecule has 0 unspecified atom stereocenters. The molecule has 0 bridgehead atoms. The summed E-state index contributed by atoms with van der Waals surface area (Å²) in [5, 5.41) is 19.4. The normalized spacial score (nSPS) is 14.6. The van der Waals surface area contributed by atoms with E-state index in [2.05, 4.69) is 25.8 Å². The molecule has 8 nitrogen and oxygen atoms in total. The van der Waals surface area contributed by atoms with Crippen LogP contribution in [0.3, 0.4) is 0 Å². The quantitative estimate of drug-likeness (QED) is 0.400. The Hall–Kier alpha value is -3.38. The topological polar surface area (TPSA) is 103 Å². The van der Waals surface area contributed by atoms with Gasteiger partial charge in [0.2, 0.25) is 5.82 Å². The Morgan fingerprint density at radius 1 is 1.12 bits per heavy atom. The number of thioether (sulfide) groups is 1. The molecule has 0 radical (unpaired) electrons. The maximum atomic E-state index is 12.9. The molecule has 32 heavy (non-hydrogen) atoms. The third-order valence-electron chi connectivity index (χ3n) is 5.85. The number of furan rings is 1. The molecule has 0 amide bonds. The van der Waals surface area contributed by atoms with Crippen LogP contribution in [0.4, 0.5) is 0 Å². The first-order valence-electron chi connectivity index (χ1n) is 10.7. The van der Waals surface area contributed by atoms with Gasteiger partial charge in [-0.1, -0.05) is 43.2 Å². The Bertz CT molecular complexity index is 1330. The van der Waals surface area contributed by atoms with E-state index >= 15 is 0 Å². The van der Waals surface area contributed by atoms with E-state index in [-0.39, 0.29) is 12.1 Å². The summed E-state index contributed by atoms with van der Waals surface area (Å²) in [5.41, 5.74) is 0.435. The van der Waals surface area contributed by atoms with Gasteiger partial charge in [0.25, 0.3) is 5.56 Å². The van der Waals surface area contributed by atoms with Gasteiger partial charge in [0.1, 0.15) is 12.4 Å². The molecule has 1 aliphatic carbocycles. The number of aromatic nitrogens is 5. The third-order valence-corrected chi connectivity index (χ3v) is 6.78. The second-order valence-electron chi connectivity index (χ2n) is 7.83. The molecule has 9 heteroatoms. The third kappa shape index (κ3) is 3.82. The molecule has 3 heterocycles. The zero-order valence-electron chi connectivity index (χ0n) is 17.5. The summed E-state index contributed by atoms with van der Waals surface area (Å²) >= 11 is 1.49. The molecule has 0 aliphatic heterocycles. The van der Waals surface area contributed by atoms with Gasteiger partial charge in [-0.3, -0.25) is 13.9 Å². The van der Waals surface area contributed by atoms with Gasteiger partial charge in [0, 0.05) is 6.04 Å². The number of hydrogen-bond donors (Lipinski definition) is 0. The second-order valence-corrected chi connectivity index (χ2v) is 8.77. The second kappa shape index (κ2) is 9.01. The monoisotopic (exact) mass is 446 g/mol. The van der Waals surface area contributed by atoms with E-state index in [1.54, 1.807) is 18.4 Å². The number of fused-ring (bicyclic) bond motifs is 1. The van der Waals surface area contributed by atoms with E-state index in [0.717, 1.165) is 23.8 Å². The Balaban J connectivity index is 1.51. The van der Waals surface area contributed by atoms with Crippen molar-refractivity contribution >= 4 is 22.7 Å². The number of nitrogens with zero attached hydrogens (tertiary/aromatic N) is 6. The Kier molecular flexibility index (Phi) is 5.77. The van der Waals surface area contributed by atoms with Crippen molar-refractivity contribution in [2.75, 3.05) is 0 Å². The fourth-order valence-corrected chi connectivity index (χ4v) is 5.26. The van der Waals surface area contributed by atoms with Crippen molar-refractivity contribution in [3.05, 3.63) is 58.8 Å². The van der Waals surface area contributed by atoms with E-state index in [1.807, 2.05) is 24.3 Å². The molecule has 3 aromatic heterocycles. The van der Waals surface area contributed by atoms with Crippen LogP contribution < -0.4 is 5.56 Å². The summed E-state index contributed by atoms with van der Waals surface area (Å²) in [6.45, 7) is -0.0421.